The summed E-state index contributed by atoms with van der Waals surface area (Å²) in [6.45, 7) is 6.40. The first kappa shape index (κ1) is 11.7. The molecule has 2 aromatic rings. The van der Waals surface area contributed by atoms with Crippen molar-refractivity contribution in [2.45, 2.75) is 26.3 Å². The first-order valence-corrected chi connectivity index (χ1v) is 5.83. The molecule has 0 spiro atoms. The van der Waals surface area contributed by atoms with Gasteiger partial charge in [0.2, 0.25) is 0 Å². The fourth-order valence-electron chi connectivity index (χ4n) is 1.89. The average molecular weight is 229 g/mol. The summed E-state index contributed by atoms with van der Waals surface area (Å²) in [6, 6.07) is 8.30. The third-order valence-electron chi connectivity index (χ3n) is 2.57. The van der Waals surface area contributed by atoms with Crippen molar-refractivity contribution in [3.8, 4) is 0 Å². The van der Waals surface area contributed by atoms with Crippen LogP contribution in [0.25, 0.3) is 10.9 Å². The van der Waals surface area contributed by atoms with Crippen LogP contribution in [0, 0.1) is 0 Å². The fraction of sp³-hybridized carbons (Fsp3) is 0.357. The van der Waals surface area contributed by atoms with Crippen LogP contribution in [0.3, 0.4) is 0 Å². The number of benzene rings is 1. The van der Waals surface area contributed by atoms with Crippen LogP contribution in [0.4, 0.5) is 0 Å². The second-order valence-corrected chi connectivity index (χ2v) is 5.19. The van der Waals surface area contributed by atoms with E-state index < -0.39 is 0 Å². The first-order valence-electron chi connectivity index (χ1n) is 5.83. The molecule has 0 saturated heterocycles. The average Bonchev–Trinajstić information content (AvgIpc) is 2.72. The number of hydrogen-bond donors (Lipinski definition) is 2. The summed E-state index contributed by atoms with van der Waals surface area (Å²) in [6.07, 6.45) is 1.96. The van der Waals surface area contributed by atoms with Gasteiger partial charge in [-0.1, -0.05) is 12.1 Å². The monoisotopic (exact) mass is 229 g/mol. The molecule has 2 rings (SSSR count). The Hall–Kier alpha value is -1.77. The molecule has 0 amide bonds. The van der Waals surface area contributed by atoms with Gasteiger partial charge in [0, 0.05) is 35.2 Å². The molecule has 0 aliphatic heterocycles. The highest BCUT2D eigenvalue weighted by Crippen LogP contribution is 2.18. The van der Waals surface area contributed by atoms with Gasteiger partial charge in [0.25, 0.3) is 0 Å². The number of nitrogens with zero attached hydrogens (tertiary/aromatic N) is 1. The number of amidine groups is 1. The zero-order chi connectivity index (χ0) is 12.5. The Balaban J connectivity index is 2.47. The molecule has 1 aromatic carbocycles. The minimum Gasteiger partial charge on any atom is -0.365 e. The van der Waals surface area contributed by atoms with E-state index in [9.17, 15) is 0 Å². The van der Waals surface area contributed by atoms with E-state index in [0.29, 0.717) is 0 Å². The van der Waals surface area contributed by atoms with E-state index in [-0.39, 0.29) is 5.54 Å². The van der Waals surface area contributed by atoms with Gasteiger partial charge in [-0.25, -0.2) is 0 Å². The van der Waals surface area contributed by atoms with Gasteiger partial charge in [0.1, 0.15) is 5.84 Å². The van der Waals surface area contributed by atoms with Crippen molar-refractivity contribution in [2.75, 3.05) is 7.05 Å². The second kappa shape index (κ2) is 4.24. The Bertz CT molecular complexity index is 544. The van der Waals surface area contributed by atoms with Crippen molar-refractivity contribution in [3.63, 3.8) is 0 Å². The van der Waals surface area contributed by atoms with Crippen molar-refractivity contribution in [2.24, 2.45) is 4.99 Å². The minimum atomic E-state index is 0.00726. The molecule has 0 radical (unpaired) electrons. The van der Waals surface area contributed by atoms with Crippen LogP contribution in [0.1, 0.15) is 26.3 Å². The van der Waals surface area contributed by atoms with E-state index in [1.807, 2.05) is 19.3 Å². The summed E-state index contributed by atoms with van der Waals surface area (Å²) in [4.78, 5) is 7.58. The van der Waals surface area contributed by atoms with E-state index in [4.69, 9.17) is 0 Å². The van der Waals surface area contributed by atoms with Gasteiger partial charge in [0.15, 0.2) is 0 Å². The number of fused-ring (bicyclic) bond motifs is 1. The molecule has 0 bridgehead atoms. The predicted molar refractivity (Wildman–Crippen MR) is 73.6 cm³/mol. The maximum atomic E-state index is 4.37. The highest BCUT2D eigenvalue weighted by Gasteiger charge is 2.15. The number of H-pyrrole nitrogens is 1. The summed E-state index contributed by atoms with van der Waals surface area (Å²) in [7, 11) is 1.82. The quantitative estimate of drug-likeness (QED) is 0.573. The molecule has 3 heteroatoms. The standard InChI is InChI=1S/C14H19N3/c1-14(2,3)17-13(15-4)11-6-5-7-12-10(11)8-9-16-12/h5-9,16H,1-4H3,(H,15,17). The highest BCUT2D eigenvalue weighted by molar-refractivity contribution is 6.09. The Morgan fingerprint density at radius 1 is 1.24 bits per heavy atom. The van der Waals surface area contributed by atoms with Gasteiger partial charge in [0.05, 0.1) is 0 Å². The van der Waals surface area contributed by atoms with Crippen LogP contribution in [-0.2, 0) is 0 Å². The van der Waals surface area contributed by atoms with Crippen LogP contribution in [0.15, 0.2) is 35.5 Å². The van der Waals surface area contributed by atoms with Crippen LogP contribution in [0.2, 0.25) is 0 Å². The Morgan fingerprint density at radius 2 is 2.00 bits per heavy atom. The van der Waals surface area contributed by atoms with Crippen molar-refractivity contribution in [1.29, 1.82) is 0 Å². The van der Waals surface area contributed by atoms with Gasteiger partial charge in [-0.2, -0.15) is 0 Å². The Morgan fingerprint density at radius 3 is 2.65 bits per heavy atom. The molecule has 0 aliphatic carbocycles. The molecule has 0 fully saturated rings. The smallest absolute Gasteiger partial charge is 0.129 e. The van der Waals surface area contributed by atoms with Gasteiger partial charge >= 0.3 is 0 Å². The Labute approximate surface area is 102 Å². The van der Waals surface area contributed by atoms with Gasteiger partial charge in [-0.05, 0) is 32.9 Å². The largest absolute Gasteiger partial charge is 0.365 e. The van der Waals surface area contributed by atoms with Crippen LogP contribution in [0.5, 0.6) is 0 Å². The molecule has 0 unspecified atom stereocenters. The van der Waals surface area contributed by atoms with Gasteiger partial charge in [-0.3, -0.25) is 4.99 Å². The van der Waals surface area contributed by atoms with E-state index in [1.165, 1.54) is 5.39 Å². The SMILES string of the molecule is CN=C(NC(C)(C)C)c1cccc2[nH]ccc12. The zero-order valence-electron chi connectivity index (χ0n) is 10.8. The summed E-state index contributed by atoms with van der Waals surface area (Å²) < 4.78 is 0. The topological polar surface area (TPSA) is 40.2 Å². The summed E-state index contributed by atoms with van der Waals surface area (Å²) in [5.74, 6) is 0.933. The van der Waals surface area contributed by atoms with Crippen LogP contribution >= 0.6 is 0 Å². The third kappa shape index (κ3) is 2.49. The molecule has 90 valence electrons. The van der Waals surface area contributed by atoms with Crippen LogP contribution < -0.4 is 5.32 Å². The molecule has 1 aromatic heterocycles. The number of aromatic amines is 1. The molecule has 0 atom stereocenters. The lowest BCUT2D eigenvalue weighted by atomic mass is 10.1. The lowest BCUT2D eigenvalue weighted by Gasteiger charge is -2.23. The molecular weight excluding hydrogens is 210 g/mol. The maximum Gasteiger partial charge on any atom is 0.129 e. The summed E-state index contributed by atoms with van der Waals surface area (Å²) in [5.41, 5.74) is 2.29. The van der Waals surface area contributed by atoms with Crippen molar-refractivity contribution in [3.05, 3.63) is 36.0 Å². The molecule has 0 saturated carbocycles. The summed E-state index contributed by atoms with van der Waals surface area (Å²) in [5, 5.41) is 4.64. The number of aliphatic imine (C=N–C) groups is 1. The fourth-order valence-corrected chi connectivity index (χ4v) is 1.89. The zero-order valence-corrected chi connectivity index (χ0v) is 10.8. The van der Waals surface area contributed by atoms with Crippen molar-refractivity contribution >= 4 is 16.7 Å². The number of hydrogen-bond acceptors (Lipinski definition) is 1. The Kier molecular flexibility index (Phi) is 2.92. The van der Waals surface area contributed by atoms with Gasteiger partial charge < -0.3 is 10.3 Å². The number of rotatable bonds is 1. The molecular formula is C14H19N3. The first-order chi connectivity index (χ1) is 8.01. The second-order valence-electron chi connectivity index (χ2n) is 5.19. The maximum absolute atomic E-state index is 4.37. The van der Waals surface area contributed by atoms with E-state index >= 15 is 0 Å². The lowest BCUT2D eigenvalue weighted by Crippen LogP contribution is -2.41. The predicted octanol–water partition coefficient (Wildman–Crippen LogP) is 2.93. The number of nitrogens with one attached hydrogen (secondary N) is 2. The highest BCUT2D eigenvalue weighted by atomic mass is 15.0. The van der Waals surface area contributed by atoms with Crippen molar-refractivity contribution < 1.29 is 0 Å². The lowest BCUT2D eigenvalue weighted by molar-refractivity contribution is 0.512. The van der Waals surface area contributed by atoms with Crippen LogP contribution in [-0.4, -0.2) is 23.4 Å². The molecule has 1 heterocycles. The molecule has 2 N–H and O–H groups in total. The van der Waals surface area contributed by atoms with E-state index in [1.54, 1.807) is 0 Å². The third-order valence-corrected chi connectivity index (χ3v) is 2.57. The van der Waals surface area contributed by atoms with Crippen molar-refractivity contribution in [1.82, 2.24) is 10.3 Å². The summed E-state index contributed by atoms with van der Waals surface area (Å²) >= 11 is 0. The molecule has 0 aliphatic rings. The molecule has 3 nitrogen and oxygen atoms in total. The van der Waals surface area contributed by atoms with Gasteiger partial charge in [-0.15, -0.1) is 0 Å². The normalized spacial score (nSPS) is 13.1. The number of aromatic nitrogens is 1. The minimum absolute atomic E-state index is 0.00726. The molecule has 17 heavy (non-hydrogen) atoms. The van der Waals surface area contributed by atoms with E-state index in [0.717, 1.165) is 16.9 Å². The van der Waals surface area contributed by atoms with E-state index in [2.05, 4.69) is 54.3 Å².